The van der Waals surface area contributed by atoms with Crippen LogP contribution in [-0.2, 0) is 14.6 Å². The molecule has 0 spiro atoms. The molecule has 3 N–H and O–H groups in total. The minimum Gasteiger partial charge on any atom is -0.549 e. The molecule has 182 valence electrons. The highest BCUT2D eigenvalue weighted by Gasteiger charge is 2.21. The van der Waals surface area contributed by atoms with Crippen molar-refractivity contribution in [2.24, 2.45) is 0 Å². The second-order valence-electron chi connectivity index (χ2n) is 8.89. The van der Waals surface area contributed by atoms with Gasteiger partial charge in [-0.1, -0.05) is 54.6 Å². The van der Waals surface area contributed by atoms with Crippen LogP contribution in [-0.4, -0.2) is 44.6 Å². The number of carbonyl (C=O) groups excluding carboxylic acids is 1. The Morgan fingerprint density at radius 3 is 2.26 bits per heavy atom. The molecule has 3 aromatic rings. The smallest absolute Gasteiger partial charge is 0.275 e. The SMILES string of the molecule is CC1CC=C(c2ccc(C3=[NH+]CC(C)N3)cc2)N1.O=C([O-])CS(=O)(=O)c1cccc2ccccc12. The molecule has 0 saturated heterocycles. The van der Waals surface area contributed by atoms with E-state index in [9.17, 15) is 18.3 Å². The van der Waals surface area contributed by atoms with Crippen LogP contribution in [0.15, 0.2) is 77.7 Å². The Hall–Kier alpha value is -3.65. The summed E-state index contributed by atoms with van der Waals surface area (Å²) in [6, 6.07) is 21.5. The number of carboxylic acid groups (broad SMARTS) is 1. The number of amidine groups is 1. The summed E-state index contributed by atoms with van der Waals surface area (Å²) < 4.78 is 23.7. The van der Waals surface area contributed by atoms with Crippen LogP contribution in [0.3, 0.4) is 0 Å². The number of sulfone groups is 1. The lowest BCUT2D eigenvalue weighted by atomic mass is 10.1. The zero-order chi connectivity index (χ0) is 25.0. The highest BCUT2D eigenvalue weighted by atomic mass is 32.2. The summed E-state index contributed by atoms with van der Waals surface area (Å²) in [5.74, 6) is -1.45. The highest BCUT2D eigenvalue weighted by molar-refractivity contribution is 7.92. The number of nitrogens with one attached hydrogen (secondary N) is 3. The van der Waals surface area contributed by atoms with Crippen molar-refractivity contribution in [3.63, 3.8) is 0 Å². The molecule has 0 bridgehead atoms. The van der Waals surface area contributed by atoms with Gasteiger partial charge < -0.3 is 15.2 Å². The maximum Gasteiger partial charge on any atom is 0.275 e. The van der Waals surface area contributed by atoms with Gasteiger partial charge in [-0.25, -0.2) is 8.42 Å². The van der Waals surface area contributed by atoms with Gasteiger partial charge in [0.25, 0.3) is 5.84 Å². The van der Waals surface area contributed by atoms with Gasteiger partial charge in [-0.3, -0.25) is 10.3 Å². The third kappa shape index (κ3) is 5.89. The summed E-state index contributed by atoms with van der Waals surface area (Å²) in [4.78, 5) is 13.9. The van der Waals surface area contributed by atoms with Crippen LogP contribution in [0.1, 0.15) is 31.4 Å². The monoisotopic (exact) mass is 491 g/mol. The van der Waals surface area contributed by atoms with Gasteiger partial charge in [0.2, 0.25) is 0 Å². The van der Waals surface area contributed by atoms with Crippen molar-refractivity contribution in [2.45, 2.75) is 37.2 Å². The Morgan fingerprint density at radius 1 is 0.943 bits per heavy atom. The van der Waals surface area contributed by atoms with E-state index in [0.29, 0.717) is 17.5 Å². The molecular formula is C27H29N3O4S. The topological polar surface area (TPSA) is 112 Å². The summed E-state index contributed by atoms with van der Waals surface area (Å²) >= 11 is 0. The first kappa shape index (κ1) is 24.5. The lowest BCUT2D eigenvalue weighted by Crippen LogP contribution is -2.71. The number of carboxylic acids is 1. The molecule has 2 atom stereocenters. The van der Waals surface area contributed by atoms with Gasteiger partial charge in [0.05, 0.1) is 22.2 Å². The zero-order valence-corrected chi connectivity index (χ0v) is 20.6. The maximum absolute atomic E-state index is 11.8. The van der Waals surface area contributed by atoms with Gasteiger partial charge >= 0.3 is 0 Å². The molecule has 0 fully saturated rings. The van der Waals surface area contributed by atoms with E-state index in [2.05, 4.69) is 59.8 Å². The molecule has 8 heteroatoms. The summed E-state index contributed by atoms with van der Waals surface area (Å²) in [5.41, 5.74) is 3.77. The van der Waals surface area contributed by atoms with E-state index in [0.717, 1.165) is 24.2 Å². The van der Waals surface area contributed by atoms with Gasteiger partial charge in [0.1, 0.15) is 12.6 Å². The third-order valence-corrected chi connectivity index (χ3v) is 7.57. The fourth-order valence-electron chi connectivity index (χ4n) is 4.18. The predicted molar refractivity (Wildman–Crippen MR) is 135 cm³/mol. The third-order valence-electron chi connectivity index (χ3n) is 5.93. The molecule has 7 nitrogen and oxygen atoms in total. The van der Waals surface area contributed by atoms with Crippen LogP contribution in [0.25, 0.3) is 16.5 Å². The molecular weight excluding hydrogens is 462 g/mol. The van der Waals surface area contributed by atoms with Crippen molar-refractivity contribution in [3.8, 4) is 0 Å². The number of aliphatic carboxylic acids is 1. The van der Waals surface area contributed by atoms with Gasteiger partial charge in [-0.05, 0) is 49.4 Å². The summed E-state index contributed by atoms with van der Waals surface area (Å²) in [6.07, 6.45) is 3.40. The predicted octanol–water partition coefficient (Wildman–Crippen LogP) is 0.592. The Balaban J connectivity index is 0.000000165. The molecule has 0 aliphatic carbocycles. The van der Waals surface area contributed by atoms with Crippen LogP contribution in [0.4, 0.5) is 0 Å². The van der Waals surface area contributed by atoms with E-state index < -0.39 is 21.6 Å². The van der Waals surface area contributed by atoms with Crippen LogP contribution in [0.5, 0.6) is 0 Å². The molecule has 35 heavy (non-hydrogen) atoms. The number of carbonyl (C=O) groups is 1. The fraction of sp³-hybridized carbons (Fsp3) is 0.259. The lowest BCUT2D eigenvalue weighted by molar-refractivity contribution is -0.447. The molecule has 2 aliphatic rings. The first-order valence-corrected chi connectivity index (χ1v) is 13.2. The Morgan fingerprint density at radius 2 is 1.63 bits per heavy atom. The van der Waals surface area contributed by atoms with Gasteiger partial charge in [0.15, 0.2) is 9.84 Å². The first-order chi connectivity index (χ1) is 16.7. The molecule has 0 saturated carbocycles. The maximum atomic E-state index is 11.8. The Kier molecular flexibility index (Phi) is 7.21. The van der Waals surface area contributed by atoms with E-state index in [1.165, 1.54) is 22.9 Å². The number of fused-ring (bicyclic) bond motifs is 1. The van der Waals surface area contributed by atoms with E-state index >= 15 is 0 Å². The van der Waals surface area contributed by atoms with Crippen LogP contribution >= 0.6 is 0 Å². The molecule has 2 unspecified atom stereocenters. The number of benzene rings is 3. The Labute approximate surface area is 205 Å². The van der Waals surface area contributed by atoms with Crippen LogP contribution < -0.4 is 20.7 Å². The van der Waals surface area contributed by atoms with Crippen molar-refractivity contribution in [2.75, 3.05) is 12.3 Å². The second-order valence-corrected chi connectivity index (χ2v) is 10.8. The summed E-state index contributed by atoms with van der Waals surface area (Å²) in [6.45, 7) is 5.39. The second kappa shape index (κ2) is 10.3. The van der Waals surface area contributed by atoms with Gasteiger partial charge in [-0.2, -0.15) is 0 Å². The summed E-state index contributed by atoms with van der Waals surface area (Å²) in [5, 5.41) is 18.6. The average Bonchev–Trinajstić information content (AvgIpc) is 3.47. The van der Waals surface area contributed by atoms with Crippen molar-refractivity contribution < 1.29 is 23.3 Å². The normalized spacial score (nSPS) is 19.1. The summed E-state index contributed by atoms with van der Waals surface area (Å²) in [7, 11) is -3.85. The number of rotatable bonds is 5. The largest absolute Gasteiger partial charge is 0.549 e. The van der Waals surface area contributed by atoms with E-state index in [1.807, 2.05) is 0 Å². The fourth-order valence-corrected chi connectivity index (χ4v) is 5.46. The van der Waals surface area contributed by atoms with Crippen molar-refractivity contribution in [1.82, 2.24) is 10.6 Å². The minimum atomic E-state index is -3.85. The molecule has 2 heterocycles. The van der Waals surface area contributed by atoms with Crippen molar-refractivity contribution >= 4 is 38.1 Å². The number of hydrogen-bond donors (Lipinski definition) is 3. The van der Waals surface area contributed by atoms with Gasteiger partial charge in [0, 0.05) is 17.1 Å². The van der Waals surface area contributed by atoms with Crippen molar-refractivity contribution in [3.05, 3.63) is 83.9 Å². The quantitative estimate of drug-likeness (QED) is 0.482. The van der Waals surface area contributed by atoms with Crippen LogP contribution in [0, 0.1) is 0 Å². The molecule has 3 aromatic carbocycles. The lowest BCUT2D eigenvalue weighted by Gasteiger charge is -2.08. The molecule has 0 aromatic heterocycles. The van der Waals surface area contributed by atoms with Gasteiger partial charge in [-0.15, -0.1) is 0 Å². The molecule has 5 rings (SSSR count). The molecule has 0 amide bonds. The van der Waals surface area contributed by atoms with Crippen LogP contribution in [0.2, 0.25) is 0 Å². The standard InChI is InChI=1S/C15H19N3.C12H10O4S/c1-10-3-8-14(17-10)12-4-6-13(7-5-12)15-16-9-11(2)18-15;13-12(14)8-17(15,16)11-7-3-5-9-4-1-2-6-10(9)11/h4-8,10-11,17H,3,9H2,1-2H3,(H,16,18);1-7H,8H2,(H,13,14). The van der Waals surface area contributed by atoms with Crippen molar-refractivity contribution in [1.29, 1.82) is 0 Å². The molecule has 2 aliphatic heterocycles. The zero-order valence-electron chi connectivity index (χ0n) is 19.7. The number of hydrogen-bond acceptors (Lipinski definition) is 6. The van der Waals surface area contributed by atoms with E-state index in [-0.39, 0.29) is 4.90 Å². The minimum absolute atomic E-state index is 0.0276. The first-order valence-electron chi connectivity index (χ1n) is 11.6. The van der Waals surface area contributed by atoms with E-state index in [4.69, 9.17) is 0 Å². The average molecular weight is 492 g/mol. The highest BCUT2D eigenvalue weighted by Crippen LogP contribution is 2.23. The van der Waals surface area contributed by atoms with E-state index in [1.54, 1.807) is 36.4 Å². The Bertz CT molecular complexity index is 1340. The molecule has 0 radical (unpaired) electrons.